The van der Waals surface area contributed by atoms with Crippen molar-refractivity contribution in [2.45, 2.75) is 17.2 Å². The fraction of sp³-hybridized carbons (Fsp3) is 0.417. The third-order valence-corrected chi connectivity index (χ3v) is 2.94. The summed E-state index contributed by atoms with van der Waals surface area (Å²) in [6.07, 6.45) is -9.19. The van der Waals surface area contributed by atoms with Crippen LogP contribution < -0.4 is 14.2 Å². The third kappa shape index (κ3) is 8.72. The van der Waals surface area contributed by atoms with Crippen molar-refractivity contribution in [1.29, 1.82) is 0 Å². The monoisotopic (exact) mass is 379 g/mol. The lowest BCUT2D eigenvalue weighted by atomic mass is 10.3. The van der Waals surface area contributed by atoms with Crippen LogP contribution in [0.5, 0.6) is 11.5 Å². The van der Waals surface area contributed by atoms with Crippen molar-refractivity contribution in [1.82, 2.24) is 4.72 Å². The molecule has 12 heteroatoms. The number of benzene rings is 1. The number of carboxylic acids is 1. The van der Waals surface area contributed by atoms with E-state index in [9.17, 15) is 31.1 Å². The zero-order valence-electron chi connectivity index (χ0n) is 11.7. The Morgan fingerprint density at radius 2 is 1.67 bits per heavy atom. The van der Waals surface area contributed by atoms with E-state index in [1.165, 1.54) is 0 Å². The Bertz CT molecular complexity index is 563. The summed E-state index contributed by atoms with van der Waals surface area (Å²) in [7, 11) is 0. The minimum absolute atomic E-state index is 0.0554. The molecule has 0 atom stereocenters. The average molecular weight is 379 g/mol. The van der Waals surface area contributed by atoms with Gasteiger partial charge >= 0.3 is 18.3 Å². The minimum Gasteiger partial charge on any atom is -0.484 e. The van der Waals surface area contributed by atoms with E-state index < -0.39 is 38.1 Å². The lowest BCUT2D eigenvalue weighted by Gasteiger charge is -2.15. The molecule has 0 amide bonds. The molecule has 2 N–H and O–H groups in total. The maximum absolute atomic E-state index is 12.2. The van der Waals surface area contributed by atoms with Gasteiger partial charge in [-0.05, 0) is 30.1 Å². The molecule has 0 radical (unpaired) electrons. The summed E-state index contributed by atoms with van der Waals surface area (Å²) in [5, 5.41) is 8.49. The van der Waals surface area contributed by atoms with Crippen molar-refractivity contribution < 1.29 is 45.7 Å². The molecule has 0 aliphatic heterocycles. The van der Waals surface area contributed by atoms with E-state index >= 15 is 0 Å². The molecule has 5 nitrogen and oxygen atoms in total. The summed E-state index contributed by atoms with van der Waals surface area (Å²) in [5.74, 6) is -1.77. The number of rotatable bonds is 8. The normalized spacial score (nSPS) is 12.1. The van der Waals surface area contributed by atoms with Crippen molar-refractivity contribution in [2.75, 3.05) is 19.8 Å². The van der Waals surface area contributed by atoms with Crippen LogP contribution in [-0.2, 0) is 4.79 Å². The molecule has 0 heterocycles. The van der Waals surface area contributed by atoms with Crippen molar-refractivity contribution in [3.8, 4) is 11.5 Å². The molecule has 0 aromatic heterocycles. The second kappa shape index (κ2) is 8.33. The van der Waals surface area contributed by atoms with Gasteiger partial charge in [0.25, 0.3) is 0 Å². The molecule has 0 bridgehead atoms. The summed E-state index contributed by atoms with van der Waals surface area (Å²) in [5.41, 5.74) is 0. The van der Waals surface area contributed by atoms with Gasteiger partial charge in [0.2, 0.25) is 0 Å². The fourth-order valence-electron chi connectivity index (χ4n) is 1.28. The first-order chi connectivity index (χ1) is 11.0. The van der Waals surface area contributed by atoms with E-state index in [2.05, 4.69) is 14.2 Å². The van der Waals surface area contributed by atoms with E-state index in [-0.39, 0.29) is 16.4 Å². The molecule has 0 spiro atoms. The van der Waals surface area contributed by atoms with Crippen LogP contribution in [0.2, 0.25) is 0 Å². The summed E-state index contributed by atoms with van der Waals surface area (Å²) in [4.78, 5) is 10.4. The highest BCUT2D eigenvalue weighted by Gasteiger charge is 2.30. The predicted molar refractivity (Wildman–Crippen MR) is 71.0 cm³/mol. The Hall–Kier alpha value is -1.82. The van der Waals surface area contributed by atoms with Gasteiger partial charge in [-0.15, -0.1) is 0 Å². The van der Waals surface area contributed by atoms with Gasteiger partial charge in [0.15, 0.2) is 13.2 Å². The van der Waals surface area contributed by atoms with Gasteiger partial charge in [-0.25, -0.2) is 4.72 Å². The molecule has 0 fully saturated rings. The van der Waals surface area contributed by atoms with E-state index in [4.69, 9.17) is 5.11 Å². The van der Waals surface area contributed by atoms with Crippen LogP contribution in [0.15, 0.2) is 23.1 Å². The van der Waals surface area contributed by atoms with Gasteiger partial charge in [-0.2, -0.15) is 26.3 Å². The zero-order chi connectivity index (χ0) is 18.4. The van der Waals surface area contributed by atoms with Crippen LogP contribution in [0.25, 0.3) is 0 Å². The molecule has 0 aliphatic rings. The quantitative estimate of drug-likeness (QED) is 0.534. The first-order valence-electron chi connectivity index (χ1n) is 6.11. The van der Waals surface area contributed by atoms with Crippen molar-refractivity contribution in [3.63, 3.8) is 0 Å². The first-order valence-corrected chi connectivity index (χ1v) is 6.92. The average Bonchev–Trinajstić information content (AvgIpc) is 2.42. The van der Waals surface area contributed by atoms with E-state index in [1.54, 1.807) is 0 Å². The number of ether oxygens (including phenoxy) is 2. The Balaban J connectivity index is 2.85. The Kier molecular flexibility index (Phi) is 7.02. The van der Waals surface area contributed by atoms with Crippen LogP contribution in [0.1, 0.15) is 0 Å². The second-order valence-corrected chi connectivity index (χ2v) is 5.17. The fourth-order valence-corrected chi connectivity index (χ4v) is 2.03. The Morgan fingerprint density at radius 3 is 2.21 bits per heavy atom. The number of halogens is 6. The van der Waals surface area contributed by atoms with E-state index in [0.29, 0.717) is 11.9 Å². The van der Waals surface area contributed by atoms with Gasteiger partial charge in [-0.3, -0.25) is 4.79 Å². The van der Waals surface area contributed by atoms with Crippen LogP contribution in [0.3, 0.4) is 0 Å². The third-order valence-electron chi connectivity index (χ3n) is 2.11. The number of carboxylic acid groups (broad SMARTS) is 1. The smallest absolute Gasteiger partial charge is 0.422 e. The molecule has 0 saturated carbocycles. The minimum atomic E-state index is -4.61. The molecular formula is C12H11F6NO4S. The molecule has 0 saturated heterocycles. The van der Waals surface area contributed by atoms with Gasteiger partial charge in [0.1, 0.15) is 18.0 Å². The number of carbonyl (C=O) groups is 1. The maximum Gasteiger partial charge on any atom is 0.422 e. The van der Waals surface area contributed by atoms with Gasteiger partial charge < -0.3 is 14.6 Å². The van der Waals surface area contributed by atoms with Gasteiger partial charge in [0, 0.05) is 0 Å². The van der Waals surface area contributed by atoms with Crippen LogP contribution in [0, 0.1) is 0 Å². The number of hydrogen-bond donors (Lipinski definition) is 2. The summed E-state index contributed by atoms with van der Waals surface area (Å²) < 4.78 is 84.2. The largest absolute Gasteiger partial charge is 0.484 e. The second-order valence-electron chi connectivity index (χ2n) is 4.23. The number of alkyl halides is 6. The predicted octanol–water partition coefficient (Wildman–Crippen LogP) is 3.25. The molecule has 136 valence electrons. The highest BCUT2D eigenvalue weighted by atomic mass is 32.2. The molecule has 0 unspecified atom stereocenters. The first kappa shape index (κ1) is 20.2. The lowest BCUT2D eigenvalue weighted by molar-refractivity contribution is -0.154. The van der Waals surface area contributed by atoms with Crippen molar-refractivity contribution >= 4 is 17.9 Å². The zero-order valence-corrected chi connectivity index (χ0v) is 12.5. The summed E-state index contributed by atoms with van der Waals surface area (Å²) in [6.45, 7) is -3.72. The highest BCUT2D eigenvalue weighted by Crippen LogP contribution is 2.33. The van der Waals surface area contributed by atoms with Gasteiger partial charge in [0.05, 0.1) is 4.90 Å². The summed E-state index contributed by atoms with van der Waals surface area (Å²) >= 11 is 0.589. The Labute approximate surface area is 136 Å². The molecule has 1 aromatic carbocycles. The van der Waals surface area contributed by atoms with Crippen molar-refractivity contribution in [2.24, 2.45) is 0 Å². The standard InChI is InChI=1S/C12H11F6NO4S/c13-11(14,15)5-22-7-1-2-8(23-6-12(16,17)18)9(3-7)24-19-4-10(20)21/h1-3,19H,4-6H2,(H,20,21). The molecule has 24 heavy (non-hydrogen) atoms. The lowest BCUT2D eigenvalue weighted by Crippen LogP contribution is -2.20. The van der Waals surface area contributed by atoms with Crippen molar-refractivity contribution in [3.05, 3.63) is 18.2 Å². The Morgan fingerprint density at radius 1 is 1.08 bits per heavy atom. The van der Waals surface area contributed by atoms with Crippen LogP contribution in [0.4, 0.5) is 26.3 Å². The van der Waals surface area contributed by atoms with Crippen LogP contribution in [-0.4, -0.2) is 43.2 Å². The van der Waals surface area contributed by atoms with E-state index in [0.717, 1.165) is 18.2 Å². The summed E-state index contributed by atoms with van der Waals surface area (Å²) in [6, 6.07) is 3.03. The molecule has 1 aromatic rings. The topological polar surface area (TPSA) is 67.8 Å². The molecule has 1 rings (SSSR count). The molecular weight excluding hydrogens is 368 g/mol. The maximum atomic E-state index is 12.2. The number of hydrogen-bond acceptors (Lipinski definition) is 5. The van der Waals surface area contributed by atoms with E-state index in [1.807, 2.05) is 0 Å². The SMILES string of the molecule is O=C(O)CNSc1cc(OCC(F)(F)F)ccc1OCC(F)(F)F. The van der Waals surface area contributed by atoms with Gasteiger partial charge in [-0.1, -0.05) is 0 Å². The highest BCUT2D eigenvalue weighted by molar-refractivity contribution is 7.97. The number of nitrogens with one attached hydrogen (secondary N) is 1. The number of aliphatic carboxylic acids is 1. The van der Waals surface area contributed by atoms with Crippen LogP contribution >= 0.6 is 11.9 Å². The molecule has 0 aliphatic carbocycles.